The van der Waals surface area contributed by atoms with E-state index in [0.29, 0.717) is 17.3 Å². The molecule has 3 aliphatic rings. The number of rotatable bonds is 6. The molecule has 1 saturated heterocycles. The number of anilines is 1. The summed E-state index contributed by atoms with van der Waals surface area (Å²) in [5.74, 6) is 2.89. The van der Waals surface area contributed by atoms with E-state index in [1.807, 2.05) is 6.20 Å². The summed E-state index contributed by atoms with van der Waals surface area (Å²) in [4.78, 5) is 15.3. The maximum atomic E-state index is 6.71. The Kier molecular flexibility index (Phi) is 6.56. The number of benzene rings is 1. The fourth-order valence-corrected chi connectivity index (χ4v) is 6.89. The minimum Gasteiger partial charge on any atom is -0.379 e. The molecule has 3 atom stereocenters. The smallest absolute Gasteiger partial charge is 0.154 e. The lowest BCUT2D eigenvalue weighted by atomic mass is 9.90. The maximum absolute atomic E-state index is 6.71. The molecule has 1 aromatic carbocycles. The van der Waals surface area contributed by atoms with Crippen molar-refractivity contribution in [1.29, 1.82) is 0 Å². The molecule has 2 aliphatic heterocycles. The molecule has 0 bridgehead atoms. The molecule has 8 heteroatoms. The number of hydrogen-bond donors (Lipinski definition) is 2. The molecular weight excluding hydrogens is 440 g/mol. The number of fused-ring (bicyclic) bond motifs is 2. The zero-order chi connectivity index (χ0) is 22.1. The van der Waals surface area contributed by atoms with Crippen LogP contribution in [0.15, 0.2) is 29.4 Å². The van der Waals surface area contributed by atoms with Crippen molar-refractivity contribution in [1.82, 2.24) is 14.8 Å². The van der Waals surface area contributed by atoms with E-state index < -0.39 is 0 Å². The minimum absolute atomic E-state index is 0.411. The van der Waals surface area contributed by atoms with Gasteiger partial charge in [-0.15, -0.1) is 6.42 Å². The van der Waals surface area contributed by atoms with E-state index in [-0.39, 0.29) is 0 Å². The third-order valence-corrected chi connectivity index (χ3v) is 8.72. The van der Waals surface area contributed by atoms with Crippen molar-refractivity contribution in [3.8, 4) is 12.3 Å². The molecule has 1 saturated carbocycles. The Morgan fingerprint density at radius 2 is 2.09 bits per heavy atom. The first-order valence-corrected chi connectivity index (χ1v) is 12.8. The fraction of sp³-hybridized carbons (Fsp3) is 0.542. The van der Waals surface area contributed by atoms with Gasteiger partial charge >= 0.3 is 0 Å². The van der Waals surface area contributed by atoms with E-state index in [1.165, 1.54) is 0 Å². The first-order chi connectivity index (χ1) is 15.6. The zero-order valence-electron chi connectivity index (χ0n) is 18.3. The van der Waals surface area contributed by atoms with Crippen molar-refractivity contribution in [2.75, 3.05) is 50.7 Å². The average molecular weight is 471 g/mol. The molecule has 3 heterocycles. The van der Waals surface area contributed by atoms with E-state index in [0.717, 1.165) is 91.9 Å². The predicted molar refractivity (Wildman–Crippen MR) is 137 cm³/mol. The van der Waals surface area contributed by atoms with Crippen LogP contribution < -0.4 is 10.6 Å². The number of amidine groups is 1. The van der Waals surface area contributed by atoms with Gasteiger partial charge in [0.15, 0.2) is 5.17 Å². The number of nitrogens with two attached hydrogens (primary N) is 1. The molecule has 1 aromatic heterocycles. The van der Waals surface area contributed by atoms with Crippen molar-refractivity contribution in [3.05, 3.63) is 29.4 Å². The Balaban J connectivity index is 1.14. The van der Waals surface area contributed by atoms with Crippen LogP contribution in [0.4, 0.5) is 5.69 Å². The molecular formula is C24H31ClN6S. The van der Waals surface area contributed by atoms with E-state index in [9.17, 15) is 0 Å². The summed E-state index contributed by atoms with van der Waals surface area (Å²) in [7, 11) is 0. The number of terminal acetylenes is 1. The van der Waals surface area contributed by atoms with Crippen LogP contribution in [-0.4, -0.2) is 83.1 Å². The number of nitrogens with one attached hydrogen (secondary N) is 1. The number of thioether (sulfide) groups is 1. The van der Waals surface area contributed by atoms with Gasteiger partial charge in [-0.2, -0.15) is 0 Å². The Hall–Kier alpha value is -1.85. The van der Waals surface area contributed by atoms with E-state index in [2.05, 4.69) is 48.8 Å². The largest absolute Gasteiger partial charge is 0.379 e. The van der Waals surface area contributed by atoms with Crippen LogP contribution >= 0.6 is 23.4 Å². The van der Waals surface area contributed by atoms with Gasteiger partial charge in [0.2, 0.25) is 0 Å². The number of H-pyrrole nitrogens is 1. The second-order valence-corrected chi connectivity index (χ2v) is 10.6. The summed E-state index contributed by atoms with van der Waals surface area (Å²) in [5.41, 5.74) is 8.19. The molecule has 3 unspecified atom stereocenters. The zero-order valence-corrected chi connectivity index (χ0v) is 19.9. The standard InChI is InChI=1S/C24H31ClN6S/c1-2-9-30(17-3-4-20-22(16-17)32-24(26)28-20)13-10-29-11-14-31(15-12-29)21-6-5-19-18(23(21)25)7-8-27-19/h1,5-8,17,20,22,27H,3-4,9-16H2,(H2,26,28). The topological polar surface area (TPSA) is 63.9 Å². The van der Waals surface area contributed by atoms with Crippen LogP contribution in [0.3, 0.4) is 0 Å². The van der Waals surface area contributed by atoms with E-state index in [1.54, 1.807) is 11.8 Å². The van der Waals surface area contributed by atoms with Crippen LogP contribution in [0.1, 0.15) is 19.3 Å². The van der Waals surface area contributed by atoms with Gasteiger partial charge < -0.3 is 15.6 Å². The molecule has 170 valence electrons. The summed E-state index contributed by atoms with van der Waals surface area (Å²) in [5, 5.41) is 3.23. The molecule has 0 radical (unpaired) electrons. The number of hydrogen-bond acceptors (Lipinski definition) is 6. The third kappa shape index (κ3) is 4.47. The molecule has 1 aliphatic carbocycles. The molecule has 2 aromatic rings. The molecule has 3 N–H and O–H groups in total. The average Bonchev–Trinajstić information content (AvgIpc) is 3.43. The number of aromatic amines is 1. The molecule has 0 spiro atoms. The van der Waals surface area contributed by atoms with E-state index >= 15 is 0 Å². The predicted octanol–water partition coefficient (Wildman–Crippen LogP) is 3.23. The van der Waals surface area contributed by atoms with Gasteiger partial charge in [0, 0.05) is 67.7 Å². The highest BCUT2D eigenvalue weighted by atomic mass is 35.5. The number of aromatic nitrogens is 1. The second-order valence-electron chi connectivity index (χ2n) is 9.00. The lowest BCUT2D eigenvalue weighted by molar-refractivity contribution is 0.142. The minimum atomic E-state index is 0.411. The molecule has 32 heavy (non-hydrogen) atoms. The van der Waals surface area contributed by atoms with Crippen LogP contribution in [-0.2, 0) is 0 Å². The van der Waals surface area contributed by atoms with Gasteiger partial charge in [-0.1, -0.05) is 29.3 Å². The van der Waals surface area contributed by atoms with Gasteiger partial charge in [0.25, 0.3) is 0 Å². The van der Waals surface area contributed by atoms with Crippen molar-refractivity contribution in [2.45, 2.75) is 36.6 Å². The number of aliphatic imine (C=N–C) groups is 1. The highest BCUT2D eigenvalue weighted by Crippen LogP contribution is 2.37. The summed E-state index contributed by atoms with van der Waals surface area (Å²) < 4.78 is 0. The Morgan fingerprint density at radius 3 is 2.91 bits per heavy atom. The normalized spacial score (nSPS) is 26.3. The SMILES string of the molecule is C#CCN(CCN1CCN(c2ccc3[nH]ccc3c2Cl)CC1)C1CCC2N=C(N)SC2C1. The molecule has 2 fully saturated rings. The third-order valence-electron chi connectivity index (χ3n) is 7.17. The number of nitrogens with zero attached hydrogens (tertiary/aromatic N) is 4. The van der Waals surface area contributed by atoms with Crippen molar-refractivity contribution in [3.63, 3.8) is 0 Å². The van der Waals surface area contributed by atoms with Crippen LogP contribution in [0, 0.1) is 12.3 Å². The van der Waals surface area contributed by atoms with Crippen LogP contribution in [0.25, 0.3) is 10.9 Å². The Bertz CT molecular complexity index is 1020. The summed E-state index contributed by atoms with van der Waals surface area (Å²) in [6.45, 7) is 6.85. The van der Waals surface area contributed by atoms with Gasteiger partial charge in [-0.25, -0.2) is 0 Å². The molecule has 0 amide bonds. The first kappa shape index (κ1) is 22.0. The summed E-state index contributed by atoms with van der Waals surface area (Å²) in [6.07, 6.45) is 11.1. The van der Waals surface area contributed by atoms with Gasteiger partial charge in [-0.3, -0.25) is 14.8 Å². The second kappa shape index (κ2) is 9.56. The van der Waals surface area contributed by atoms with Crippen molar-refractivity contribution < 1.29 is 0 Å². The number of piperazine rings is 1. The fourth-order valence-electron chi connectivity index (χ4n) is 5.37. The summed E-state index contributed by atoms with van der Waals surface area (Å²) in [6, 6.07) is 7.26. The van der Waals surface area contributed by atoms with Crippen LogP contribution in [0.2, 0.25) is 5.02 Å². The lowest BCUT2D eigenvalue weighted by Crippen LogP contribution is -2.50. The molecule has 6 nitrogen and oxygen atoms in total. The van der Waals surface area contributed by atoms with Crippen molar-refractivity contribution >= 4 is 45.1 Å². The first-order valence-electron chi connectivity index (χ1n) is 11.5. The highest BCUT2D eigenvalue weighted by Gasteiger charge is 2.37. The molecule has 5 rings (SSSR count). The highest BCUT2D eigenvalue weighted by molar-refractivity contribution is 8.14. The van der Waals surface area contributed by atoms with Crippen LogP contribution in [0.5, 0.6) is 0 Å². The Morgan fingerprint density at radius 1 is 1.25 bits per heavy atom. The summed E-state index contributed by atoms with van der Waals surface area (Å²) >= 11 is 8.46. The monoisotopic (exact) mass is 470 g/mol. The van der Waals surface area contributed by atoms with Gasteiger partial charge in [0.1, 0.15) is 0 Å². The van der Waals surface area contributed by atoms with Crippen molar-refractivity contribution in [2.24, 2.45) is 10.7 Å². The van der Waals surface area contributed by atoms with Gasteiger partial charge in [0.05, 0.1) is 23.3 Å². The maximum Gasteiger partial charge on any atom is 0.154 e. The quantitative estimate of drug-likeness (QED) is 0.634. The Labute approximate surface area is 199 Å². The van der Waals surface area contributed by atoms with Gasteiger partial charge in [-0.05, 0) is 37.5 Å². The number of halogens is 1. The van der Waals surface area contributed by atoms with E-state index in [4.69, 9.17) is 23.8 Å². The lowest BCUT2D eigenvalue weighted by Gasteiger charge is -2.40.